The van der Waals surface area contributed by atoms with Crippen molar-refractivity contribution < 1.29 is 4.74 Å². The summed E-state index contributed by atoms with van der Waals surface area (Å²) in [7, 11) is 1.60. The van der Waals surface area contributed by atoms with Crippen molar-refractivity contribution in [2.45, 2.75) is 32.2 Å². The summed E-state index contributed by atoms with van der Waals surface area (Å²) in [6.45, 7) is 4.34. The zero-order valence-corrected chi connectivity index (χ0v) is 12.3. The average Bonchev–Trinajstić information content (AvgIpc) is 2.46. The second-order valence-electron chi connectivity index (χ2n) is 5.44. The summed E-state index contributed by atoms with van der Waals surface area (Å²) in [6.07, 6.45) is 3.56. The van der Waals surface area contributed by atoms with Gasteiger partial charge >= 0.3 is 0 Å². The van der Waals surface area contributed by atoms with E-state index in [1.165, 1.54) is 11.9 Å². The van der Waals surface area contributed by atoms with E-state index in [2.05, 4.69) is 53.4 Å². The Morgan fingerprint density at radius 1 is 1.15 bits per heavy atom. The van der Waals surface area contributed by atoms with Gasteiger partial charge < -0.3 is 10.1 Å². The largest absolute Gasteiger partial charge is 0.481 e. The molecular formula is C16H21N3O. The van der Waals surface area contributed by atoms with E-state index in [9.17, 15) is 0 Å². The van der Waals surface area contributed by atoms with Gasteiger partial charge in [-0.15, -0.1) is 0 Å². The molecule has 4 heteroatoms. The standard InChI is InChI=1S/C16H21N3O/c1-16(2,10-9-13-7-5-4-6-8-13)19-14-11-15(20-3)18-12-17-14/h4-8,11-12H,9-10H2,1-3H3,(H,17,18,19). The predicted octanol–water partition coefficient (Wildman–Crippen LogP) is 3.31. The van der Waals surface area contributed by atoms with Crippen molar-refractivity contribution >= 4 is 5.82 Å². The lowest BCUT2D eigenvalue weighted by atomic mass is 9.95. The van der Waals surface area contributed by atoms with Gasteiger partial charge in [0.15, 0.2) is 0 Å². The molecule has 0 amide bonds. The summed E-state index contributed by atoms with van der Waals surface area (Å²) in [5.74, 6) is 1.36. The summed E-state index contributed by atoms with van der Waals surface area (Å²) < 4.78 is 5.11. The van der Waals surface area contributed by atoms with Gasteiger partial charge in [0.1, 0.15) is 12.1 Å². The van der Waals surface area contributed by atoms with E-state index in [4.69, 9.17) is 4.74 Å². The molecule has 0 saturated carbocycles. The fourth-order valence-corrected chi connectivity index (χ4v) is 2.03. The first-order valence-corrected chi connectivity index (χ1v) is 6.77. The average molecular weight is 271 g/mol. The summed E-state index contributed by atoms with van der Waals surface area (Å²) in [5.41, 5.74) is 1.30. The number of nitrogens with one attached hydrogen (secondary N) is 1. The molecule has 0 unspecified atom stereocenters. The molecule has 0 radical (unpaired) electrons. The number of methoxy groups -OCH3 is 1. The highest BCUT2D eigenvalue weighted by atomic mass is 16.5. The molecule has 0 bridgehead atoms. The second kappa shape index (κ2) is 6.37. The maximum atomic E-state index is 5.11. The highest BCUT2D eigenvalue weighted by Gasteiger charge is 2.18. The molecule has 106 valence electrons. The van der Waals surface area contributed by atoms with Crippen molar-refractivity contribution in [1.82, 2.24) is 9.97 Å². The van der Waals surface area contributed by atoms with Crippen molar-refractivity contribution in [3.8, 4) is 5.88 Å². The molecule has 0 spiro atoms. The maximum Gasteiger partial charge on any atom is 0.218 e. The molecule has 2 rings (SSSR count). The number of aryl methyl sites for hydroxylation is 1. The molecule has 2 aromatic rings. The van der Waals surface area contributed by atoms with E-state index >= 15 is 0 Å². The number of hydrogen-bond donors (Lipinski definition) is 1. The van der Waals surface area contributed by atoms with Gasteiger partial charge in [0.05, 0.1) is 7.11 Å². The maximum absolute atomic E-state index is 5.11. The van der Waals surface area contributed by atoms with Gasteiger partial charge in [-0.25, -0.2) is 9.97 Å². The van der Waals surface area contributed by atoms with Crippen molar-refractivity contribution in [3.05, 3.63) is 48.3 Å². The quantitative estimate of drug-likeness (QED) is 0.875. The summed E-state index contributed by atoms with van der Waals surface area (Å²) in [6, 6.07) is 12.3. The van der Waals surface area contributed by atoms with Gasteiger partial charge in [-0.2, -0.15) is 0 Å². The summed E-state index contributed by atoms with van der Waals surface area (Å²) in [4.78, 5) is 8.23. The van der Waals surface area contributed by atoms with E-state index < -0.39 is 0 Å². The van der Waals surface area contributed by atoms with Gasteiger partial charge in [-0.05, 0) is 32.3 Å². The lowest BCUT2D eigenvalue weighted by Crippen LogP contribution is -2.31. The van der Waals surface area contributed by atoms with Crippen LogP contribution in [0.2, 0.25) is 0 Å². The number of rotatable bonds is 6. The van der Waals surface area contributed by atoms with E-state index in [0.29, 0.717) is 5.88 Å². The molecule has 1 aromatic heterocycles. The van der Waals surface area contributed by atoms with Gasteiger partial charge in [0, 0.05) is 11.6 Å². The topological polar surface area (TPSA) is 47.0 Å². The van der Waals surface area contributed by atoms with E-state index in [1.807, 2.05) is 12.1 Å². The molecule has 1 N–H and O–H groups in total. The van der Waals surface area contributed by atoms with Crippen molar-refractivity contribution in [3.63, 3.8) is 0 Å². The van der Waals surface area contributed by atoms with Crippen molar-refractivity contribution in [2.24, 2.45) is 0 Å². The Bertz CT molecular complexity index is 540. The first-order chi connectivity index (χ1) is 9.59. The Balaban J connectivity index is 1.96. The zero-order valence-electron chi connectivity index (χ0n) is 12.3. The van der Waals surface area contributed by atoms with Crippen molar-refractivity contribution in [2.75, 3.05) is 12.4 Å². The molecular weight excluding hydrogens is 250 g/mol. The highest BCUT2D eigenvalue weighted by molar-refractivity contribution is 5.39. The fraction of sp³-hybridized carbons (Fsp3) is 0.375. The number of nitrogens with zero attached hydrogens (tertiary/aromatic N) is 2. The third-order valence-electron chi connectivity index (χ3n) is 3.20. The first-order valence-electron chi connectivity index (χ1n) is 6.77. The van der Waals surface area contributed by atoms with Gasteiger partial charge in [0.2, 0.25) is 5.88 Å². The SMILES string of the molecule is COc1cc(NC(C)(C)CCc2ccccc2)ncn1. The molecule has 0 saturated heterocycles. The minimum Gasteiger partial charge on any atom is -0.481 e. The van der Waals surface area contributed by atoms with Crippen LogP contribution in [-0.4, -0.2) is 22.6 Å². The Kier molecular flexibility index (Phi) is 4.56. The molecule has 0 fully saturated rings. The molecule has 0 aliphatic rings. The Morgan fingerprint density at radius 2 is 1.90 bits per heavy atom. The van der Waals surface area contributed by atoms with Crippen LogP contribution < -0.4 is 10.1 Å². The second-order valence-corrected chi connectivity index (χ2v) is 5.44. The van der Waals surface area contributed by atoms with Gasteiger partial charge in [0.25, 0.3) is 0 Å². The summed E-state index contributed by atoms with van der Waals surface area (Å²) >= 11 is 0. The monoisotopic (exact) mass is 271 g/mol. The number of aromatic nitrogens is 2. The normalized spacial score (nSPS) is 11.2. The molecule has 4 nitrogen and oxygen atoms in total. The van der Waals surface area contributed by atoms with Crippen molar-refractivity contribution in [1.29, 1.82) is 0 Å². The van der Waals surface area contributed by atoms with E-state index in [0.717, 1.165) is 18.7 Å². The van der Waals surface area contributed by atoms with Crippen LogP contribution in [0.3, 0.4) is 0 Å². The molecule has 20 heavy (non-hydrogen) atoms. The van der Waals surface area contributed by atoms with Crippen LogP contribution in [0.15, 0.2) is 42.7 Å². The number of ether oxygens (including phenoxy) is 1. The molecule has 0 aliphatic carbocycles. The lowest BCUT2D eigenvalue weighted by molar-refractivity contribution is 0.396. The van der Waals surface area contributed by atoms with E-state index in [-0.39, 0.29) is 5.54 Å². The zero-order chi connectivity index (χ0) is 14.4. The molecule has 1 aromatic carbocycles. The molecule has 0 aliphatic heterocycles. The van der Waals surface area contributed by atoms with Crippen LogP contribution in [-0.2, 0) is 6.42 Å². The van der Waals surface area contributed by atoms with Crippen LogP contribution in [0.4, 0.5) is 5.82 Å². The lowest BCUT2D eigenvalue weighted by Gasteiger charge is -2.27. The minimum atomic E-state index is -0.0464. The van der Waals surface area contributed by atoms with Crippen LogP contribution in [0.5, 0.6) is 5.88 Å². The first kappa shape index (κ1) is 14.3. The minimum absolute atomic E-state index is 0.0464. The van der Waals surface area contributed by atoms with Crippen LogP contribution in [0.1, 0.15) is 25.8 Å². The Morgan fingerprint density at radius 3 is 2.60 bits per heavy atom. The summed E-state index contributed by atoms with van der Waals surface area (Å²) in [5, 5.41) is 3.43. The number of benzene rings is 1. The Labute approximate surface area is 120 Å². The van der Waals surface area contributed by atoms with Crippen LogP contribution >= 0.6 is 0 Å². The third kappa shape index (κ3) is 4.23. The van der Waals surface area contributed by atoms with Crippen LogP contribution in [0, 0.1) is 0 Å². The third-order valence-corrected chi connectivity index (χ3v) is 3.20. The number of anilines is 1. The fourth-order valence-electron chi connectivity index (χ4n) is 2.03. The van der Waals surface area contributed by atoms with E-state index in [1.54, 1.807) is 7.11 Å². The van der Waals surface area contributed by atoms with Gasteiger partial charge in [-0.3, -0.25) is 0 Å². The highest BCUT2D eigenvalue weighted by Crippen LogP contribution is 2.20. The van der Waals surface area contributed by atoms with Gasteiger partial charge in [-0.1, -0.05) is 30.3 Å². The smallest absolute Gasteiger partial charge is 0.218 e. The van der Waals surface area contributed by atoms with Crippen LogP contribution in [0.25, 0.3) is 0 Å². The number of hydrogen-bond acceptors (Lipinski definition) is 4. The predicted molar refractivity (Wildman–Crippen MR) is 81.0 cm³/mol. The Hall–Kier alpha value is -2.10. The molecule has 0 atom stereocenters. The molecule has 1 heterocycles.